The second-order valence-electron chi connectivity index (χ2n) is 5.79. The van der Waals surface area contributed by atoms with Crippen LogP contribution in [0.15, 0.2) is 24.3 Å². The van der Waals surface area contributed by atoms with E-state index < -0.39 is 12.0 Å². The third-order valence-electron chi connectivity index (χ3n) is 3.69. The Morgan fingerprint density at radius 3 is 2.65 bits per heavy atom. The predicted octanol–water partition coefficient (Wildman–Crippen LogP) is 4.02. The van der Waals surface area contributed by atoms with Crippen molar-refractivity contribution in [1.82, 2.24) is 5.32 Å². The van der Waals surface area contributed by atoms with Crippen LogP contribution in [-0.2, 0) is 10.7 Å². The molecular weight excluding hydrogens is 260 g/mol. The summed E-state index contributed by atoms with van der Waals surface area (Å²) in [6, 6.07) is 7.04. The van der Waals surface area contributed by atoms with Gasteiger partial charge >= 0.3 is 0 Å². The standard InChI is InChI=1S/C16H23F2NO/c1-11(2)19-12(3)13-6-4-7-14(10-13)16(17,18)15-8-5-9-20-15/h4,6-7,10-12,15,19H,5,8-9H2,1-3H3/t12-,15?/m1/s1. The zero-order valence-electron chi connectivity index (χ0n) is 12.3. The lowest BCUT2D eigenvalue weighted by molar-refractivity contribution is -0.122. The maximum atomic E-state index is 14.4. The summed E-state index contributed by atoms with van der Waals surface area (Å²) in [5.41, 5.74) is 0.938. The van der Waals surface area contributed by atoms with Crippen LogP contribution in [0.1, 0.15) is 50.8 Å². The van der Waals surface area contributed by atoms with Crippen LogP contribution in [0.3, 0.4) is 0 Å². The molecule has 0 amide bonds. The number of hydrogen-bond acceptors (Lipinski definition) is 2. The van der Waals surface area contributed by atoms with E-state index in [1.54, 1.807) is 12.1 Å². The van der Waals surface area contributed by atoms with Crippen molar-refractivity contribution in [3.63, 3.8) is 0 Å². The Hall–Kier alpha value is -1.00. The number of halogens is 2. The van der Waals surface area contributed by atoms with Crippen molar-refractivity contribution in [1.29, 1.82) is 0 Å². The first-order valence-corrected chi connectivity index (χ1v) is 7.27. The van der Waals surface area contributed by atoms with Crippen LogP contribution in [0.4, 0.5) is 8.78 Å². The summed E-state index contributed by atoms with van der Waals surface area (Å²) in [5, 5.41) is 3.33. The molecule has 1 fully saturated rings. The largest absolute Gasteiger partial charge is 0.372 e. The lowest BCUT2D eigenvalue weighted by Gasteiger charge is -2.24. The highest BCUT2D eigenvalue weighted by Crippen LogP contribution is 2.38. The lowest BCUT2D eigenvalue weighted by atomic mass is 9.97. The first-order valence-electron chi connectivity index (χ1n) is 7.27. The Morgan fingerprint density at radius 2 is 2.05 bits per heavy atom. The van der Waals surface area contributed by atoms with Crippen LogP contribution < -0.4 is 5.32 Å². The minimum absolute atomic E-state index is 0.0512. The molecular formula is C16H23F2NO. The Kier molecular flexibility index (Phi) is 4.76. The average molecular weight is 283 g/mol. The summed E-state index contributed by atoms with van der Waals surface area (Å²) in [6.45, 7) is 6.51. The van der Waals surface area contributed by atoms with Crippen molar-refractivity contribution < 1.29 is 13.5 Å². The minimum Gasteiger partial charge on any atom is -0.372 e. The Labute approximate surface area is 119 Å². The normalized spacial score (nSPS) is 21.4. The first kappa shape index (κ1) is 15.4. The van der Waals surface area contributed by atoms with Crippen LogP contribution in [0.2, 0.25) is 0 Å². The van der Waals surface area contributed by atoms with Crippen molar-refractivity contribution in [3.8, 4) is 0 Å². The summed E-state index contributed by atoms with van der Waals surface area (Å²) >= 11 is 0. The van der Waals surface area contributed by atoms with Crippen LogP contribution in [0.5, 0.6) is 0 Å². The molecule has 1 aliphatic rings. The molecule has 0 bridgehead atoms. The average Bonchev–Trinajstić information content (AvgIpc) is 2.92. The summed E-state index contributed by atoms with van der Waals surface area (Å²) in [5.74, 6) is -2.91. The Bertz CT molecular complexity index is 442. The molecule has 1 N–H and O–H groups in total. The van der Waals surface area contributed by atoms with Crippen LogP contribution in [0.25, 0.3) is 0 Å². The molecule has 2 rings (SSSR count). The molecule has 2 nitrogen and oxygen atoms in total. The van der Waals surface area contributed by atoms with Gasteiger partial charge in [-0.1, -0.05) is 32.0 Å². The summed E-state index contributed by atoms with van der Waals surface area (Å²) in [6.07, 6.45) is 0.161. The maximum Gasteiger partial charge on any atom is 0.298 e. The van der Waals surface area contributed by atoms with E-state index >= 15 is 0 Å². The van der Waals surface area contributed by atoms with Gasteiger partial charge in [-0.25, -0.2) is 0 Å². The van der Waals surface area contributed by atoms with Crippen LogP contribution in [-0.4, -0.2) is 18.8 Å². The molecule has 1 heterocycles. The van der Waals surface area contributed by atoms with Gasteiger partial charge in [0.25, 0.3) is 5.92 Å². The highest BCUT2D eigenvalue weighted by molar-refractivity contribution is 5.29. The molecule has 1 saturated heterocycles. The number of benzene rings is 1. The zero-order valence-corrected chi connectivity index (χ0v) is 12.3. The van der Waals surface area contributed by atoms with Crippen molar-refractivity contribution in [2.75, 3.05) is 6.61 Å². The topological polar surface area (TPSA) is 21.3 Å². The van der Waals surface area contributed by atoms with Gasteiger partial charge in [0.1, 0.15) is 6.10 Å². The Balaban J connectivity index is 2.20. The van der Waals surface area contributed by atoms with E-state index in [0.717, 1.165) is 5.56 Å². The van der Waals surface area contributed by atoms with Gasteiger partial charge in [0, 0.05) is 24.3 Å². The monoisotopic (exact) mass is 283 g/mol. The van der Waals surface area contributed by atoms with E-state index in [9.17, 15) is 8.78 Å². The molecule has 1 aromatic carbocycles. The van der Waals surface area contributed by atoms with Gasteiger partial charge < -0.3 is 10.1 Å². The van der Waals surface area contributed by atoms with Gasteiger partial charge in [0.05, 0.1) is 0 Å². The third kappa shape index (κ3) is 3.36. The van der Waals surface area contributed by atoms with Crippen molar-refractivity contribution in [2.24, 2.45) is 0 Å². The lowest BCUT2D eigenvalue weighted by Crippen LogP contribution is -2.31. The quantitative estimate of drug-likeness (QED) is 0.881. The molecule has 0 radical (unpaired) electrons. The van der Waals surface area contributed by atoms with Crippen molar-refractivity contribution in [3.05, 3.63) is 35.4 Å². The molecule has 2 atom stereocenters. The molecule has 0 saturated carbocycles. The van der Waals surface area contributed by atoms with E-state index in [1.165, 1.54) is 6.07 Å². The van der Waals surface area contributed by atoms with Gasteiger partial charge in [-0.05, 0) is 31.4 Å². The van der Waals surface area contributed by atoms with Crippen LogP contribution >= 0.6 is 0 Å². The number of ether oxygens (including phenoxy) is 1. The number of alkyl halides is 2. The van der Waals surface area contributed by atoms with Gasteiger partial charge in [0.15, 0.2) is 0 Å². The number of nitrogens with one attached hydrogen (secondary N) is 1. The smallest absolute Gasteiger partial charge is 0.298 e. The summed E-state index contributed by atoms with van der Waals surface area (Å²) in [4.78, 5) is 0. The summed E-state index contributed by atoms with van der Waals surface area (Å²) < 4.78 is 34.0. The first-order chi connectivity index (χ1) is 9.41. The van der Waals surface area contributed by atoms with Gasteiger partial charge in [0.2, 0.25) is 0 Å². The maximum absolute atomic E-state index is 14.4. The third-order valence-corrected chi connectivity index (χ3v) is 3.69. The van der Waals surface area contributed by atoms with E-state index in [4.69, 9.17) is 4.74 Å². The molecule has 0 spiro atoms. The van der Waals surface area contributed by atoms with Gasteiger partial charge in [-0.3, -0.25) is 0 Å². The zero-order chi connectivity index (χ0) is 14.8. The van der Waals surface area contributed by atoms with Gasteiger partial charge in [-0.15, -0.1) is 0 Å². The SMILES string of the molecule is CC(C)N[C@H](C)c1cccc(C(F)(F)C2CCCO2)c1. The molecule has 0 aliphatic carbocycles. The number of rotatable bonds is 5. The van der Waals surface area contributed by atoms with Gasteiger partial charge in [-0.2, -0.15) is 8.78 Å². The molecule has 20 heavy (non-hydrogen) atoms. The highest BCUT2D eigenvalue weighted by atomic mass is 19.3. The number of hydrogen-bond donors (Lipinski definition) is 1. The molecule has 1 unspecified atom stereocenters. The van der Waals surface area contributed by atoms with E-state index in [-0.39, 0.29) is 11.6 Å². The van der Waals surface area contributed by atoms with E-state index in [1.807, 2.05) is 26.8 Å². The second kappa shape index (κ2) is 6.19. The second-order valence-corrected chi connectivity index (χ2v) is 5.79. The molecule has 1 aromatic rings. The minimum atomic E-state index is -2.91. The highest BCUT2D eigenvalue weighted by Gasteiger charge is 2.44. The molecule has 4 heteroatoms. The summed E-state index contributed by atoms with van der Waals surface area (Å²) in [7, 11) is 0. The molecule has 1 aliphatic heterocycles. The van der Waals surface area contributed by atoms with Crippen LogP contribution in [0, 0.1) is 0 Å². The fraction of sp³-hybridized carbons (Fsp3) is 0.625. The molecule has 112 valence electrons. The fourth-order valence-electron chi connectivity index (χ4n) is 2.66. The molecule has 0 aromatic heterocycles. The predicted molar refractivity (Wildman–Crippen MR) is 76.0 cm³/mol. The van der Waals surface area contributed by atoms with Crippen molar-refractivity contribution >= 4 is 0 Å². The Morgan fingerprint density at radius 1 is 1.30 bits per heavy atom. The van der Waals surface area contributed by atoms with E-state index in [2.05, 4.69) is 5.32 Å². The fourth-order valence-corrected chi connectivity index (χ4v) is 2.66. The van der Waals surface area contributed by atoms with E-state index in [0.29, 0.717) is 25.5 Å². The van der Waals surface area contributed by atoms with Crippen molar-refractivity contribution in [2.45, 2.75) is 57.7 Å².